The zero-order chi connectivity index (χ0) is 57.9. The lowest BCUT2D eigenvalue weighted by Gasteiger charge is -2.34. The molecule has 2 atom stereocenters. The average Bonchev–Trinajstić information content (AvgIpc) is 3.43. The first-order valence-electron chi connectivity index (χ1n) is 26.2. The summed E-state index contributed by atoms with van der Waals surface area (Å²) in [6.07, 6.45) is 4.76. The van der Waals surface area contributed by atoms with E-state index in [1.54, 1.807) is 39.0 Å². The lowest BCUT2D eigenvalue weighted by Crippen LogP contribution is -2.42. The van der Waals surface area contributed by atoms with Crippen molar-refractivity contribution < 1.29 is 47.9 Å². The second kappa shape index (κ2) is 28.9. The molecule has 2 unspecified atom stereocenters. The number of rotatable bonds is 23. The number of likely N-dealkylation sites (N-methyl/N-ethyl adjacent to an activating group) is 1. The third-order valence-corrected chi connectivity index (χ3v) is 13.7. The van der Waals surface area contributed by atoms with Crippen LogP contribution in [0.3, 0.4) is 0 Å². The number of carbonyl (C=O) groups excluding carboxylic acids is 3. The molecule has 420 valence electrons. The van der Waals surface area contributed by atoms with Crippen LogP contribution in [0.2, 0.25) is 0 Å². The van der Waals surface area contributed by atoms with Gasteiger partial charge < -0.3 is 39.2 Å². The molecule has 0 amide bonds. The van der Waals surface area contributed by atoms with Crippen molar-refractivity contribution in [3.63, 3.8) is 0 Å². The molecule has 80 heavy (non-hydrogen) atoms. The highest BCUT2D eigenvalue weighted by molar-refractivity contribution is 6.00. The van der Waals surface area contributed by atoms with Gasteiger partial charge in [-0.05, 0) is 94.9 Å². The Balaban J connectivity index is 0.000000266. The molecular weight excluding hydrogens is 1020 g/mol. The van der Waals surface area contributed by atoms with E-state index in [-0.39, 0.29) is 48.3 Å². The standard InChI is InChI=1S/C36H41N3O6.C27H30N2O6/c1-24-31(34(40)44-6)33(28-18-13-19-29(22-28)39(42)43)32(25(2)37-24)35(41)45-36(3,4)23-38(5)21-20-30(26-14-9-7-10-15-26)27-16-11-8-12-17-27;1-19-24(18-34-14-8-11-21-9-5-4-6-10-21)26(22-12-7-13-23(17-22)29(31)32)25(20(2)28-19)27(30)35-16-15-33-3/h7-19,22,30,33,37H,20-21,23H2,1-6H3;4-13,17,26,28H,14-16,18H2,1-3H3/b;11-8+. The van der Waals surface area contributed by atoms with Crippen molar-refractivity contribution in [2.24, 2.45) is 0 Å². The molecule has 5 aromatic rings. The average molecular weight is 1090 g/mol. The van der Waals surface area contributed by atoms with Crippen molar-refractivity contribution in [1.29, 1.82) is 0 Å². The van der Waals surface area contributed by atoms with E-state index in [9.17, 15) is 34.6 Å². The van der Waals surface area contributed by atoms with Crippen LogP contribution in [0.4, 0.5) is 11.4 Å². The molecule has 2 aliphatic heterocycles. The second-order valence-corrected chi connectivity index (χ2v) is 20.1. The Morgan fingerprint density at radius 3 is 1.68 bits per heavy atom. The molecule has 0 bridgehead atoms. The van der Waals surface area contributed by atoms with Gasteiger partial charge in [-0.1, -0.05) is 127 Å². The number of benzene rings is 5. The molecule has 17 heteroatoms. The van der Waals surface area contributed by atoms with Crippen LogP contribution in [0, 0.1) is 20.2 Å². The summed E-state index contributed by atoms with van der Waals surface area (Å²) in [6, 6.07) is 43.0. The largest absolute Gasteiger partial charge is 0.466 e. The highest BCUT2D eigenvalue weighted by atomic mass is 16.6. The van der Waals surface area contributed by atoms with E-state index in [2.05, 4.69) is 64.1 Å². The van der Waals surface area contributed by atoms with Crippen LogP contribution in [-0.2, 0) is 38.1 Å². The molecule has 2 N–H and O–H groups in total. The third-order valence-electron chi connectivity index (χ3n) is 13.7. The molecule has 0 spiro atoms. The van der Waals surface area contributed by atoms with Gasteiger partial charge in [-0.15, -0.1) is 0 Å². The van der Waals surface area contributed by atoms with Crippen molar-refractivity contribution in [3.8, 4) is 0 Å². The van der Waals surface area contributed by atoms with Gasteiger partial charge in [-0.3, -0.25) is 20.2 Å². The number of non-ortho nitro benzene ring substituents is 2. The summed E-state index contributed by atoms with van der Waals surface area (Å²) >= 11 is 0. The monoisotopic (exact) mass is 1090 g/mol. The van der Waals surface area contributed by atoms with Crippen LogP contribution in [0.1, 0.15) is 93.5 Å². The zero-order valence-corrected chi connectivity index (χ0v) is 46.9. The predicted molar refractivity (Wildman–Crippen MR) is 307 cm³/mol. The summed E-state index contributed by atoms with van der Waals surface area (Å²) in [4.78, 5) is 64.2. The van der Waals surface area contributed by atoms with Crippen molar-refractivity contribution in [2.45, 2.75) is 71.3 Å². The highest BCUT2D eigenvalue weighted by Crippen LogP contribution is 2.42. The van der Waals surface area contributed by atoms with E-state index < -0.39 is 45.2 Å². The fraction of sp³-hybridized carbons (Fsp3) is 0.317. The van der Waals surface area contributed by atoms with Crippen molar-refractivity contribution >= 4 is 35.4 Å². The smallest absolute Gasteiger partial charge is 0.337 e. The molecule has 2 aliphatic rings. The summed E-state index contributed by atoms with van der Waals surface area (Å²) in [5, 5.41) is 29.4. The number of nitrogens with zero attached hydrogens (tertiary/aromatic N) is 3. The number of hydrogen-bond donors (Lipinski definition) is 2. The van der Waals surface area contributed by atoms with Crippen molar-refractivity contribution in [2.75, 3.05) is 60.8 Å². The number of methoxy groups -OCH3 is 2. The summed E-state index contributed by atoms with van der Waals surface area (Å²) < 4.78 is 27.6. The Morgan fingerprint density at radius 2 is 1.15 bits per heavy atom. The second-order valence-electron chi connectivity index (χ2n) is 20.1. The van der Waals surface area contributed by atoms with Crippen LogP contribution in [0.5, 0.6) is 0 Å². The normalized spacial score (nSPS) is 15.5. The molecule has 5 aromatic carbocycles. The van der Waals surface area contributed by atoms with E-state index in [0.717, 1.165) is 29.8 Å². The number of nitro groups is 2. The quantitative estimate of drug-likeness (QED) is 0.0205. The maximum Gasteiger partial charge on any atom is 0.337 e. The molecule has 0 radical (unpaired) electrons. The summed E-state index contributed by atoms with van der Waals surface area (Å²) in [5.41, 5.74) is 7.56. The number of hydrogen-bond acceptors (Lipinski definition) is 15. The van der Waals surface area contributed by atoms with E-state index in [0.29, 0.717) is 46.9 Å². The predicted octanol–water partition coefficient (Wildman–Crippen LogP) is 11.2. The SMILES string of the molecule is COC(=O)C1=C(C)NC(C)=C(C(=O)OC(C)(C)CN(C)CCC(c2ccccc2)c2ccccc2)C1c1cccc([N+](=O)[O-])c1.COCCOC(=O)C1=C(C)NC(C)=C(COC/C=C/c2ccccc2)C1c1cccc([N+](=O)[O-])c1. The van der Waals surface area contributed by atoms with Gasteiger partial charge in [0.2, 0.25) is 0 Å². The molecule has 2 heterocycles. The van der Waals surface area contributed by atoms with Gasteiger partial charge in [0.1, 0.15) is 12.2 Å². The minimum Gasteiger partial charge on any atom is -0.466 e. The fourth-order valence-electron chi connectivity index (χ4n) is 10.1. The van der Waals surface area contributed by atoms with Gasteiger partial charge in [-0.2, -0.15) is 0 Å². The zero-order valence-electron chi connectivity index (χ0n) is 46.9. The lowest BCUT2D eigenvalue weighted by molar-refractivity contribution is -0.385. The maximum absolute atomic E-state index is 14.0. The topological polar surface area (TPSA) is 211 Å². The Kier molecular flexibility index (Phi) is 21.9. The van der Waals surface area contributed by atoms with Crippen LogP contribution in [-0.4, -0.2) is 99.0 Å². The first kappa shape index (κ1) is 60.7. The van der Waals surface area contributed by atoms with Gasteiger partial charge in [0.05, 0.1) is 59.4 Å². The number of nitrogens with one attached hydrogen (secondary N) is 2. The van der Waals surface area contributed by atoms with E-state index in [4.69, 9.17) is 23.7 Å². The minimum absolute atomic E-state index is 0.0468. The van der Waals surface area contributed by atoms with E-state index in [1.165, 1.54) is 55.7 Å². The van der Waals surface area contributed by atoms with Crippen LogP contribution in [0.25, 0.3) is 6.08 Å². The Morgan fingerprint density at radius 1 is 0.650 bits per heavy atom. The Labute approximate surface area is 467 Å². The lowest BCUT2D eigenvalue weighted by atomic mass is 9.80. The van der Waals surface area contributed by atoms with Crippen molar-refractivity contribution in [1.82, 2.24) is 15.5 Å². The fourth-order valence-corrected chi connectivity index (χ4v) is 10.1. The molecule has 0 aromatic heterocycles. The van der Waals surface area contributed by atoms with E-state index in [1.807, 2.05) is 82.4 Å². The Hall–Kier alpha value is -8.51. The van der Waals surface area contributed by atoms with Gasteiger partial charge in [0.25, 0.3) is 11.4 Å². The summed E-state index contributed by atoms with van der Waals surface area (Å²) in [7, 11) is 4.79. The third kappa shape index (κ3) is 16.3. The molecule has 0 saturated carbocycles. The van der Waals surface area contributed by atoms with E-state index >= 15 is 0 Å². The highest BCUT2D eigenvalue weighted by Gasteiger charge is 2.40. The summed E-state index contributed by atoms with van der Waals surface area (Å²) in [6.45, 7) is 13.0. The number of esters is 3. The molecule has 0 aliphatic carbocycles. The van der Waals surface area contributed by atoms with Crippen LogP contribution in [0.15, 0.2) is 191 Å². The number of carbonyl (C=O) groups is 3. The van der Waals surface area contributed by atoms with Gasteiger partial charge in [-0.25, -0.2) is 14.4 Å². The first-order valence-corrected chi connectivity index (χ1v) is 26.2. The molecule has 0 fully saturated rings. The maximum atomic E-state index is 14.0. The molecule has 0 saturated heterocycles. The molecule has 7 rings (SSSR count). The van der Waals surface area contributed by atoms with Gasteiger partial charge in [0.15, 0.2) is 0 Å². The summed E-state index contributed by atoms with van der Waals surface area (Å²) in [5.74, 6) is -3.02. The number of ether oxygens (including phenoxy) is 5. The number of nitro benzene ring substituents is 2. The first-order chi connectivity index (χ1) is 38.3. The van der Waals surface area contributed by atoms with Crippen molar-refractivity contribution in [3.05, 3.63) is 239 Å². The van der Waals surface area contributed by atoms with Crippen LogP contribution < -0.4 is 10.6 Å². The number of dihydropyridines is 2. The molecular formula is C63H71N5O12. The molecule has 17 nitrogen and oxygen atoms in total. The van der Waals surface area contributed by atoms with Crippen LogP contribution >= 0.6 is 0 Å². The number of allylic oxidation sites excluding steroid dienone is 4. The Bertz CT molecular complexity index is 3110. The van der Waals surface area contributed by atoms with Gasteiger partial charge in [0, 0.05) is 72.5 Å². The minimum atomic E-state index is -0.919. The van der Waals surface area contributed by atoms with Gasteiger partial charge >= 0.3 is 17.9 Å².